The number of rotatable bonds is 11. The topological polar surface area (TPSA) is 291 Å². The molecule has 0 heterocycles. The summed E-state index contributed by atoms with van der Waals surface area (Å²) in [5.41, 5.74) is 0.477. The maximum Gasteiger partial charge on any atom is 0.299 e. The third-order valence-corrected chi connectivity index (χ3v) is 11.7. The number of amides is 1. The molecule has 0 aromatic heterocycles. The molecule has 53 heavy (non-hydrogen) atoms. The summed E-state index contributed by atoms with van der Waals surface area (Å²) in [6, 6.07) is 13.0. The van der Waals surface area contributed by atoms with E-state index in [9.17, 15) is 52.4 Å². The third kappa shape index (κ3) is 8.06. The molecule has 0 saturated carbocycles. The monoisotopic (exact) mass is 807 g/mol. The van der Waals surface area contributed by atoms with Crippen LogP contribution in [0.2, 0.25) is 0 Å². The summed E-state index contributed by atoms with van der Waals surface area (Å²) in [6.45, 7) is 1.09. The number of carbonyl (C=O) groups excluding carboxylic acids is 2. The Morgan fingerprint density at radius 3 is 1.92 bits per heavy atom. The molecule has 1 aliphatic rings. The van der Waals surface area contributed by atoms with E-state index in [2.05, 4.69) is 34.4 Å². The second kappa shape index (κ2) is 14.3. The minimum absolute atomic E-state index is 0.00107. The predicted octanol–water partition coefficient (Wildman–Crippen LogP) is 4.02. The Morgan fingerprint density at radius 2 is 1.34 bits per heavy atom. The molecule has 0 saturated heterocycles. The highest BCUT2D eigenvalue weighted by molar-refractivity contribution is 7.92. The lowest BCUT2D eigenvalue weighted by Gasteiger charge is -2.21. The second-order valence-corrected chi connectivity index (χ2v) is 16.9. The molecule has 0 unspecified atom stereocenters. The van der Waals surface area contributed by atoms with Crippen LogP contribution in [0.5, 0.6) is 0 Å². The van der Waals surface area contributed by atoms with Crippen LogP contribution in [0.25, 0.3) is 16.8 Å². The zero-order chi connectivity index (χ0) is 39.1. The molecule has 0 aliphatic heterocycles. The molecule has 0 spiro atoms. The first-order chi connectivity index (χ1) is 24.7. The van der Waals surface area contributed by atoms with E-state index in [1.165, 1.54) is 42.5 Å². The van der Waals surface area contributed by atoms with Crippen LogP contribution in [0.3, 0.4) is 0 Å². The highest BCUT2D eigenvalue weighted by atomic mass is 32.2. The van der Waals surface area contributed by atoms with Crippen LogP contribution in [-0.4, -0.2) is 74.4 Å². The fourth-order valence-electron chi connectivity index (χ4n) is 4.98. The largest absolute Gasteiger partial charge is 0.326 e. The van der Waals surface area contributed by atoms with Gasteiger partial charge in [0, 0.05) is 23.3 Å². The Morgan fingerprint density at radius 1 is 0.717 bits per heavy atom. The molecular weight excluding hydrogens is 783 g/mol. The van der Waals surface area contributed by atoms with Gasteiger partial charge in [0.15, 0.2) is 5.71 Å². The first-order valence-corrected chi connectivity index (χ1v) is 20.1. The molecule has 19 nitrogen and oxygen atoms in total. The van der Waals surface area contributed by atoms with Crippen molar-refractivity contribution >= 4 is 97.5 Å². The van der Waals surface area contributed by atoms with Crippen LogP contribution in [0.1, 0.15) is 22.8 Å². The molecule has 0 fully saturated rings. The van der Waals surface area contributed by atoms with E-state index in [4.69, 9.17) is 0 Å². The number of Topliss-reactive ketones (excluding diaryl/α,β-unsaturated/α-hetero) is 1. The number of hydrazone groups is 1. The van der Waals surface area contributed by atoms with Crippen molar-refractivity contribution in [2.75, 3.05) is 25.0 Å². The Balaban J connectivity index is 1.67. The number of ketones is 1. The van der Waals surface area contributed by atoms with Gasteiger partial charge in [-0.25, -0.2) is 0 Å². The Kier molecular flexibility index (Phi) is 10.5. The first-order valence-electron chi connectivity index (χ1n) is 14.4. The lowest BCUT2D eigenvalue weighted by atomic mass is 9.92. The molecule has 5 rings (SSSR count). The van der Waals surface area contributed by atoms with Crippen molar-refractivity contribution in [2.45, 2.75) is 21.6 Å². The predicted molar refractivity (Wildman–Crippen MR) is 188 cm³/mol. The van der Waals surface area contributed by atoms with Gasteiger partial charge in [-0.05, 0) is 66.7 Å². The van der Waals surface area contributed by atoms with E-state index in [-0.39, 0.29) is 38.4 Å². The summed E-state index contributed by atoms with van der Waals surface area (Å²) in [4.78, 5) is 23.4. The van der Waals surface area contributed by atoms with Gasteiger partial charge in [-0.2, -0.15) is 43.9 Å². The van der Waals surface area contributed by atoms with Crippen molar-refractivity contribution in [2.24, 2.45) is 15.3 Å². The lowest BCUT2D eigenvalue weighted by Crippen LogP contribution is -2.30. The average molecular weight is 808 g/mol. The maximum atomic E-state index is 14.0. The van der Waals surface area contributed by atoms with E-state index in [0.29, 0.717) is 6.08 Å². The van der Waals surface area contributed by atoms with Crippen LogP contribution in [0.15, 0.2) is 102 Å². The number of benzene rings is 4. The van der Waals surface area contributed by atoms with Crippen molar-refractivity contribution in [1.82, 2.24) is 0 Å². The van der Waals surface area contributed by atoms with Crippen LogP contribution in [0.4, 0.5) is 22.7 Å². The lowest BCUT2D eigenvalue weighted by molar-refractivity contribution is -0.114. The quantitative estimate of drug-likeness (QED) is 0.0720. The zero-order valence-electron chi connectivity index (χ0n) is 27.2. The van der Waals surface area contributed by atoms with Crippen LogP contribution >= 0.6 is 0 Å². The van der Waals surface area contributed by atoms with Gasteiger partial charge in [-0.15, -0.1) is 5.11 Å². The van der Waals surface area contributed by atoms with Crippen molar-refractivity contribution in [3.63, 3.8) is 0 Å². The van der Waals surface area contributed by atoms with E-state index >= 15 is 0 Å². The van der Waals surface area contributed by atoms with Gasteiger partial charge >= 0.3 is 0 Å². The van der Waals surface area contributed by atoms with Gasteiger partial charge in [0.05, 0.1) is 52.3 Å². The molecule has 278 valence electrons. The molecule has 4 aromatic carbocycles. The Hall–Kier alpha value is -5.27. The second-order valence-electron chi connectivity index (χ2n) is 10.7. The van der Waals surface area contributed by atoms with Gasteiger partial charge in [-0.1, -0.05) is 6.07 Å². The van der Waals surface area contributed by atoms with Gasteiger partial charge in [0.1, 0.15) is 9.80 Å². The number of nitrogens with zero attached hydrogens (tertiary/aromatic N) is 3. The number of hydrogen-bond donors (Lipinski definition) is 4. The number of carbonyl (C=O) groups is 2. The molecule has 4 aromatic rings. The third-order valence-electron chi connectivity index (χ3n) is 7.40. The summed E-state index contributed by atoms with van der Waals surface area (Å²) in [7, 11) is -16.9. The summed E-state index contributed by atoms with van der Waals surface area (Å²) in [6.07, 6.45) is 0.708. The minimum Gasteiger partial charge on any atom is -0.326 e. The SMILES string of the molecule is COS(=O)(=O)C1=Cc2c(S(=O)(=O)O)ccc(NC(C)=O)c2C(=O)/C1=N\Nc1ccc(/N=N/c2ccc(S(=O)(=O)OC)cc2)c2ccc(S(=O)(=O)O)cc12. The minimum atomic E-state index is -5.05. The fourth-order valence-corrected chi connectivity index (χ4v) is 7.65. The highest BCUT2D eigenvalue weighted by Crippen LogP contribution is 2.37. The maximum absolute atomic E-state index is 14.0. The van der Waals surface area contributed by atoms with Gasteiger partial charge in [-0.3, -0.25) is 32.5 Å². The van der Waals surface area contributed by atoms with Crippen LogP contribution in [0, 0.1) is 0 Å². The first kappa shape index (κ1) is 38.9. The number of azo groups is 1. The fraction of sp³-hybridized carbons (Fsp3) is 0.100. The van der Waals surface area contributed by atoms with E-state index in [1.807, 2.05) is 0 Å². The Labute approximate surface area is 301 Å². The molecule has 4 N–H and O–H groups in total. The van der Waals surface area contributed by atoms with Crippen molar-refractivity contribution in [1.29, 1.82) is 0 Å². The molecule has 1 aliphatic carbocycles. The molecule has 1 amide bonds. The average Bonchev–Trinajstić information content (AvgIpc) is 3.09. The standard InChI is InChI=1S/C30H25N5O14S4/c1-16(36)31-25-12-13-26(51(41,42)43)22-15-27(53(46,47)49-3)29(30(37)28(22)25)35-34-24-11-10-23(20-9-8-19(14-21(20)24)50(38,39)40)33-32-17-4-6-18(7-5-17)52(44,45)48-2/h4-15,34H,1-3H3,(H,31,36)(H,38,39,40)(H,41,42,43)/b33-32+,35-29-. The van der Waals surface area contributed by atoms with E-state index < -0.39 is 83.7 Å². The number of hydrogen-bond acceptors (Lipinski definition) is 16. The number of anilines is 2. The molecule has 0 bridgehead atoms. The Bertz CT molecular complexity index is 2760. The molecular formula is C30H25N5O14S4. The van der Waals surface area contributed by atoms with E-state index in [1.54, 1.807) is 0 Å². The molecule has 0 atom stereocenters. The summed E-state index contributed by atoms with van der Waals surface area (Å²) >= 11 is 0. The summed E-state index contributed by atoms with van der Waals surface area (Å²) in [5, 5.41) is 14.7. The number of fused-ring (bicyclic) bond motifs is 2. The number of nitrogens with one attached hydrogen (secondary N) is 2. The van der Waals surface area contributed by atoms with Gasteiger partial charge < -0.3 is 5.32 Å². The van der Waals surface area contributed by atoms with E-state index in [0.717, 1.165) is 45.4 Å². The van der Waals surface area contributed by atoms with Crippen molar-refractivity contribution in [3.8, 4) is 0 Å². The van der Waals surface area contributed by atoms with Gasteiger partial charge in [0.2, 0.25) is 11.7 Å². The van der Waals surface area contributed by atoms with Crippen LogP contribution < -0.4 is 10.7 Å². The molecule has 0 radical (unpaired) electrons. The zero-order valence-corrected chi connectivity index (χ0v) is 30.5. The highest BCUT2D eigenvalue weighted by Gasteiger charge is 2.38. The van der Waals surface area contributed by atoms with Crippen LogP contribution in [-0.2, 0) is 53.6 Å². The summed E-state index contributed by atoms with van der Waals surface area (Å²) < 4.78 is 127. The van der Waals surface area contributed by atoms with Gasteiger partial charge in [0.25, 0.3) is 40.5 Å². The van der Waals surface area contributed by atoms with Crippen molar-refractivity contribution < 1.29 is 60.7 Å². The van der Waals surface area contributed by atoms with Crippen molar-refractivity contribution in [3.05, 3.63) is 82.8 Å². The summed E-state index contributed by atoms with van der Waals surface area (Å²) in [5.74, 6) is -1.93. The number of allylic oxidation sites excluding steroid dienone is 1. The normalized spacial score (nSPS) is 14.7. The molecule has 23 heteroatoms. The smallest absolute Gasteiger partial charge is 0.299 e.